The van der Waals surface area contributed by atoms with E-state index in [1.807, 2.05) is 46.9 Å². The summed E-state index contributed by atoms with van der Waals surface area (Å²) in [4.78, 5) is 42.8. The molecule has 0 saturated heterocycles. The van der Waals surface area contributed by atoms with Gasteiger partial charge < -0.3 is 25.6 Å². The monoisotopic (exact) mass is 637 g/mol. The topological polar surface area (TPSA) is 105 Å². The van der Waals surface area contributed by atoms with E-state index in [0.717, 1.165) is 25.3 Å². The number of ether oxygens (including phenoxy) is 1. The molecule has 0 aliphatic heterocycles. The number of esters is 1. The lowest BCUT2D eigenvalue weighted by Gasteiger charge is -2.33. The summed E-state index contributed by atoms with van der Waals surface area (Å²) in [5.74, 6) is 0.810. The number of nitrogens with one attached hydrogen (secondary N) is 1. The molecule has 0 aromatic heterocycles. The molecule has 272 valence electrons. The molecule has 2 bridgehead atoms. The molecule has 0 radical (unpaired) electrons. The number of nitrogens with zero attached hydrogens (tertiary/aromatic N) is 2. The Morgan fingerprint density at radius 3 is 1.84 bits per heavy atom. The van der Waals surface area contributed by atoms with Crippen molar-refractivity contribution in [2.75, 3.05) is 54.4 Å². The average molecular weight is 637 g/mol. The van der Waals surface area contributed by atoms with Gasteiger partial charge in [0.25, 0.3) is 0 Å². The van der Waals surface area contributed by atoms with Gasteiger partial charge in [-0.25, -0.2) is 0 Å². The summed E-state index contributed by atoms with van der Waals surface area (Å²) in [7, 11) is 7.86. The zero-order valence-electron chi connectivity index (χ0n) is 23.8. The van der Waals surface area contributed by atoms with Crippen molar-refractivity contribution in [1.29, 1.82) is 0 Å². The third-order valence-electron chi connectivity index (χ3n) is 8.62. The minimum atomic E-state index is -0.773. The molecule has 6 atom stereocenters. The molecule has 0 heterocycles. The standard InChI is InChI=1S/C28H52N4O4.8CH4/c1-19-20-9-10-21(15-20)24(19)17-22(25(29)33)16-23(26(34)36-14-13-32(6)7)18-28(2,3)27(35)30-11-8-12-31(4)5;;;;;;;;/h19-24H,8-18H2,1-7H3,(H2,29,33)(H,30,35);8*1H4. The van der Waals surface area contributed by atoms with Crippen LogP contribution in [0.15, 0.2) is 0 Å². The Kier molecular flexibility index (Phi) is 34.9. The number of hydrogen-bond acceptors (Lipinski definition) is 6. The lowest BCUT2D eigenvalue weighted by atomic mass is 9.72. The molecule has 2 aliphatic rings. The maximum atomic E-state index is 13.2. The SMILES string of the molecule is C.C.C.C.C.C.C.C.CC1C2CCC(C2)C1CC(CC(CC(C)(C)C(=O)NCCCN(C)C)C(=O)OCCN(C)C)C(N)=O. The van der Waals surface area contributed by atoms with Crippen LogP contribution >= 0.6 is 0 Å². The zero-order chi connectivity index (χ0) is 27.0. The third-order valence-corrected chi connectivity index (χ3v) is 8.62. The first-order valence-electron chi connectivity index (χ1n) is 13.9. The van der Waals surface area contributed by atoms with E-state index in [0.29, 0.717) is 43.7 Å². The quantitative estimate of drug-likeness (QED) is 0.132. The van der Waals surface area contributed by atoms with Gasteiger partial charge >= 0.3 is 5.97 Å². The molecule has 2 saturated carbocycles. The first kappa shape index (κ1) is 57.9. The van der Waals surface area contributed by atoms with Crippen molar-refractivity contribution in [3.05, 3.63) is 0 Å². The maximum absolute atomic E-state index is 13.2. The second-order valence-corrected chi connectivity index (χ2v) is 12.6. The van der Waals surface area contributed by atoms with Crippen molar-refractivity contribution in [1.82, 2.24) is 15.1 Å². The number of nitrogens with two attached hydrogens (primary N) is 1. The molecule has 2 aliphatic carbocycles. The molecule has 2 rings (SSSR count). The largest absolute Gasteiger partial charge is 0.464 e. The van der Waals surface area contributed by atoms with E-state index < -0.39 is 11.3 Å². The van der Waals surface area contributed by atoms with Crippen LogP contribution in [0.25, 0.3) is 0 Å². The molecule has 44 heavy (non-hydrogen) atoms. The van der Waals surface area contributed by atoms with Crippen molar-refractivity contribution in [3.63, 3.8) is 0 Å². The smallest absolute Gasteiger partial charge is 0.309 e. The summed E-state index contributed by atoms with van der Waals surface area (Å²) in [5, 5.41) is 3.02. The minimum Gasteiger partial charge on any atom is -0.464 e. The lowest BCUT2D eigenvalue weighted by molar-refractivity contribution is -0.151. The van der Waals surface area contributed by atoms with Gasteiger partial charge in [-0.05, 0) is 103 Å². The predicted molar refractivity (Wildman–Crippen MR) is 197 cm³/mol. The van der Waals surface area contributed by atoms with Crippen LogP contribution in [0.5, 0.6) is 0 Å². The molecule has 8 nitrogen and oxygen atoms in total. The molecule has 0 spiro atoms. The molecule has 2 amide bonds. The average Bonchev–Trinajstić information content (AvgIpc) is 3.37. The maximum Gasteiger partial charge on any atom is 0.309 e. The Balaban J connectivity index is -0.000000342. The fourth-order valence-corrected chi connectivity index (χ4v) is 6.36. The Morgan fingerprint density at radius 2 is 1.39 bits per heavy atom. The molecular weight excluding hydrogens is 552 g/mol. The molecule has 3 N–H and O–H groups in total. The minimum absolute atomic E-state index is 0. The van der Waals surface area contributed by atoms with E-state index in [2.05, 4.69) is 17.1 Å². The van der Waals surface area contributed by atoms with Crippen molar-refractivity contribution in [3.8, 4) is 0 Å². The summed E-state index contributed by atoms with van der Waals surface area (Å²) in [6, 6.07) is 0. The fourth-order valence-electron chi connectivity index (χ4n) is 6.36. The van der Waals surface area contributed by atoms with Crippen molar-refractivity contribution >= 4 is 17.8 Å². The van der Waals surface area contributed by atoms with Crippen LogP contribution in [0.2, 0.25) is 0 Å². The van der Waals surface area contributed by atoms with Gasteiger partial charge in [-0.2, -0.15) is 0 Å². The molecule has 0 aromatic rings. The van der Waals surface area contributed by atoms with Crippen LogP contribution in [-0.4, -0.2) is 82.0 Å². The van der Waals surface area contributed by atoms with Crippen LogP contribution in [0.4, 0.5) is 0 Å². The third kappa shape index (κ3) is 17.7. The van der Waals surface area contributed by atoms with E-state index in [4.69, 9.17) is 10.5 Å². The Labute approximate surface area is 278 Å². The summed E-state index contributed by atoms with van der Waals surface area (Å²) in [6.45, 7) is 8.43. The van der Waals surface area contributed by atoms with Gasteiger partial charge in [0.15, 0.2) is 0 Å². The van der Waals surface area contributed by atoms with Crippen LogP contribution in [0, 0.1) is 40.9 Å². The van der Waals surface area contributed by atoms with Crippen LogP contribution in [0.1, 0.15) is 125 Å². The molecule has 8 heteroatoms. The van der Waals surface area contributed by atoms with Crippen molar-refractivity contribution < 1.29 is 19.1 Å². The highest BCUT2D eigenvalue weighted by Gasteiger charge is 2.46. The first-order chi connectivity index (χ1) is 16.8. The summed E-state index contributed by atoms with van der Waals surface area (Å²) in [6.07, 6.45) is 6.04. The zero-order valence-corrected chi connectivity index (χ0v) is 23.8. The second-order valence-electron chi connectivity index (χ2n) is 12.6. The van der Waals surface area contributed by atoms with Crippen LogP contribution in [0.3, 0.4) is 0 Å². The van der Waals surface area contributed by atoms with E-state index >= 15 is 0 Å². The number of likely N-dealkylation sites (N-methyl/N-ethyl adjacent to an activating group) is 1. The van der Waals surface area contributed by atoms with Gasteiger partial charge in [0, 0.05) is 24.4 Å². The molecule has 0 aromatic carbocycles. The van der Waals surface area contributed by atoms with Gasteiger partial charge in [0.2, 0.25) is 11.8 Å². The number of fused-ring (bicyclic) bond motifs is 2. The van der Waals surface area contributed by atoms with E-state index in [1.165, 1.54) is 19.3 Å². The van der Waals surface area contributed by atoms with Gasteiger partial charge in [0.05, 0.1) is 5.92 Å². The van der Waals surface area contributed by atoms with Gasteiger partial charge in [-0.1, -0.05) is 80.2 Å². The number of hydrogen-bond donors (Lipinski definition) is 2. The number of primary amides is 1. The first-order valence-corrected chi connectivity index (χ1v) is 13.9. The number of amides is 2. The van der Waals surface area contributed by atoms with E-state index in [9.17, 15) is 14.4 Å². The van der Waals surface area contributed by atoms with Crippen LogP contribution < -0.4 is 11.1 Å². The van der Waals surface area contributed by atoms with Crippen LogP contribution in [-0.2, 0) is 19.1 Å². The van der Waals surface area contributed by atoms with Crippen molar-refractivity contribution in [2.24, 2.45) is 46.7 Å². The van der Waals surface area contributed by atoms with Gasteiger partial charge in [0.1, 0.15) is 6.61 Å². The number of carbonyl (C=O) groups is 3. The summed E-state index contributed by atoms with van der Waals surface area (Å²) in [5.41, 5.74) is 5.12. The highest BCUT2D eigenvalue weighted by atomic mass is 16.5. The van der Waals surface area contributed by atoms with E-state index in [1.54, 1.807) is 0 Å². The Hall–Kier alpha value is -1.67. The van der Waals surface area contributed by atoms with Gasteiger partial charge in [-0.15, -0.1) is 0 Å². The lowest BCUT2D eigenvalue weighted by Crippen LogP contribution is -2.41. The Bertz CT molecular complexity index is 740. The molecule has 6 unspecified atom stereocenters. The highest BCUT2D eigenvalue weighted by molar-refractivity contribution is 5.83. The van der Waals surface area contributed by atoms with Crippen molar-refractivity contribution in [2.45, 2.75) is 125 Å². The molecule has 2 fully saturated rings. The highest BCUT2D eigenvalue weighted by Crippen LogP contribution is 2.54. The Morgan fingerprint density at radius 1 is 0.864 bits per heavy atom. The number of carbonyl (C=O) groups excluding carboxylic acids is 3. The van der Waals surface area contributed by atoms with Gasteiger partial charge in [-0.3, -0.25) is 14.4 Å². The van der Waals surface area contributed by atoms with E-state index in [-0.39, 0.29) is 89.7 Å². The molecular formula is C36H84N4O4. The predicted octanol–water partition coefficient (Wildman–Crippen LogP) is 7.84. The number of rotatable bonds is 16. The second kappa shape index (κ2) is 26.5. The summed E-state index contributed by atoms with van der Waals surface area (Å²) < 4.78 is 5.62. The fraction of sp³-hybridized carbons (Fsp3) is 0.917. The normalized spacial score (nSPS) is 20.7. The summed E-state index contributed by atoms with van der Waals surface area (Å²) >= 11 is 0.